The van der Waals surface area contributed by atoms with Crippen LogP contribution in [-0.4, -0.2) is 14.5 Å². The summed E-state index contributed by atoms with van der Waals surface area (Å²) in [5, 5.41) is 1.28. The van der Waals surface area contributed by atoms with Gasteiger partial charge in [0.2, 0.25) is 5.89 Å². The molecule has 0 saturated carbocycles. The van der Waals surface area contributed by atoms with Crippen molar-refractivity contribution in [3.63, 3.8) is 0 Å². The molecule has 0 aliphatic heterocycles. The molecular weight excluding hydrogens is 430 g/mol. The Kier molecular flexibility index (Phi) is 5.84. The highest BCUT2D eigenvalue weighted by Crippen LogP contribution is 2.29. The minimum Gasteiger partial charge on any atom is -0.441 e. The molecule has 0 radical (unpaired) electrons. The molecule has 164 valence electrons. The van der Waals surface area contributed by atoms with Gasteiger partial charge in [0, 0.05) is 11.3 Å². The highest BCUT2D eigenvalue weighted by molar-refractivity contribution is 7.98. The summed E-state index contributed by atoms with van der Waals surface area (Å²) in [6.07, 6.45) is 0. The van der Waals surface area contributed by atoms with Crippen molar-refractivity contribution in [2.75, 3.05) is 0 Å². The smallest absolute Gasteiger partial charge is 0.262 e. The maximum atomic E-state index is 13.5. The van der Waals surface area contributed by atoms with Gasteiger partial charge < -0.3 is 4.42 Å². The van der Waals surface area contributed by atoms with Crippen LogP contribution in [0.3, 0.4) is 0 Å². The topological polar surface area (TPSA) is 60.9 Å². The SMILES string of the molecule is Cc1oc(-c2ccccc2)nc1CSc1nc2ccccc2c(=O)n1C(C)c1ccccc1. The molecule has 5 aromatic rings. The second-order valence-corrected chi connectivity index (χ2v) is 8.79. The number of oxazole rings is 1. The number of rotatable bonds is 6. The molecule has 0 aliphatic rings. The normalized spacial score (nSPS) is 12.2. The van der Waals surface area contributed by atoms with Gasteiger partial charge in [-0.2, -0.15) is 0 Å². The van der Waals surface area contributed by atoms with Crippen molar-refractivity contribution < 1.29 is 4.42 Å². The molecule has 5 rings (SSSR count). The Balaban J connectivity index is 1.53. The number of hydrogen-bond acceptors (Lipinski definition) is 5. The number of aryl methyl sites for hydroxylation is 1. The van der Waals surface area contributed by atoms with Crippen LogP contribution >= 0.6 is 11.8 Å². The summed E-state index contributed by atoms with van der Waals surface area (Å²) in [6, 6.07) is 27.2. The highest BCUT2D eigenvalue weighted by Gasteiger charge is 2.19. The first-order valence-corrected chi connectivity index (χ1v) is 11.8. The zero-order valence-corrected chi connectivity index (χ0v) is 19.3. The van der Waals surface area contributed by atoms with Gasteiger partial charge in [-0.25, -0.2) is 9.97 Å². The van der Waals surface area contributed by atoms with Crippen LogP contribution in [0.5, 0.6) is 0 Å². The summed E-state index contributed by atoms with van der Waals surface area (Å²) in [6.45, 7) is 3.95. The van der Waals surface area contributed by atoms with Crippen molar-refractivity contribution in [1.29, 1.82) is 0 Å². The number of thioether (sulfide) groups is 1. The summed E-state index contributed by atoms with van der Waals surface area (Å²) < 4.78 is 7.70. The van der Waals surface area contributed by atoms with Gasteiger partial charge in [0.15, 0.2) is 5.16 Å². The third-order valence-corrected chi connectivity index (χ3v) is 6.66. The van der Waals surface area contributed by atoms with Gasteiger partial charge in [-0.1, -0.05) is 72.4 Å². The Morgan fingerprint density at radius 1 is 0.909 bits per heavy atom. The fourth-order valence-corrected chi connectivity index (χ4v) is 4.93. The lowest BCUT2D eigenvalue weighted by atomic mass is 10.1. The number of benzene rings is 3. The van der Waals surface area contributed by atoms with E-state index in [0.29, 0.717) is 27.7 Å². The van der Waals surface area contributed by atoms with Crippen molar-refractivity contribution in [1.82, 2.24) is 14.5 Å². The van der Waals surface area contributed by atoms with Gasteiger partial charge in [0.05, 0.1) is 22.6 Å². The molecule has 2 aromatic heterocycles. The van der Waals surface area contributed by atoms with Gasteiger partial charge in [-0.15, -0.1) is 0 Å². The molecule has 0 bridgehead atoms. The van der Waals surface area contributed by atoms with Crippen molar-refractivity contribution in [3.8, 4) is 11.5 Å². The lowest BCUT2D eigenvalue weighted by molar-refractivity contribution is 0.540. The molecule has 1 atom stereocenters. The molecule has 0 saturated heterocycles. The summed E-state index contributed by atoms with van der Waals surface area (Å²) in [4.78, 5) is 23.1. The third-order valence-electron chi connectivity index (χ3n) is 5.70. The van der Waals surface area contributed by atoms with E-state index in [1.165, 1.54) is 11.8 Å². The minimum absolute atomic E-state index is 0.0405. The summed E-state index contributed by atoms with van der Waals surface area (Å²) in [5.74, 6) is 1.92. The molecule has 0 aliphatic carbocycles. The molecule has 1 unspecified atom stereocenters. The first kappa shape index (κ1) is 21.2. The van der Waals surface area contributed by atoms with Crippen molar-refractivity contribution in [3.05, 3.63) is 112 Å². The van der Waals surface area contributed by atoms with Crippen molar-refractivity contribution in [2.24, 2.45) is 0 Å². The monoisotopic (exact) mass is 453 g/mol. The van der Waals surface area contributed by atoms with Gasteiger partial charge in [-0.3, -0.25) is 9.36 Å². The third kappa shape index (κ3) is 4.22. The van der Waals surface area contributed by atoms with Crippen LogP contribution in [0.2, 0.25) is 0 Å². The highest BCUT2D eigenvalue weighted by atomic mass is 32.2. The largest absolute Gasteiger partial charge is 0.441 e. The van der Waals surface area contributed by atoms with Crippen LogP contribution in [0.1, 0.15) is 30.0 Å². The van der Waals surface area contributed by atoms with Gasteiger partial charge in [0.1, 0.15) is 5.76 Å². The van der Waals surface area contributed by atoms with E-state index in [0.717, 1.165) is 22.6 Å². The first-order valence-electron chi connectivity index (χ1n) is 10.8. The van der Waals surface area contributed by atoms with Crippen molar-refractivity contribution in [2.45, 2.75) is 30.8 Å². The van der Waals surface area contributed by atoms with Gasteiger partial charge in [0.25, 0.3) is 5.56 Å². The fourth-order valence-electron chi connectivity index (χ4n) is 3.85. The molecular formula is C27H23N3O2S. The Hall–Kier alpha value is -3.64. The second kappa shape index (κ2) is 9.08. The second-order valence-electron chi connectivity index (χ2n) is 7.85. The molecule has 5 nitrogen and oxygen atoms in total. The molecule has 6 heteroatoms. The fraction of sp³-hybridized carbons (Fsp3) is 0.148. The number of para-hydroxylation sites is 1. The number of aromatic nitrogens is 3. The maximum Gasteiger partial charge on any atom is 0.262 e. The summed E-state index contributed by atoms with van der Waals surface area (Å²) in [5.41, 5.74) is 3.50. The van der Waals surface area contributed by atoms with Gasteiger partial charge >= 0.3 is 0 Å². The number of hydrogen-bond donors (Lipinski definition) is 0. The van der Waals surface area contributed by atoms with Crippen LogP contribution in [0.15, 0.2) is 99.3 Å². The molecule has 0 spiro atoms. The number of nitrogens with zero attached hydrogens (tertiary/aromatic N) is 3. The Labute approximate surface area is 196 Å². The summed E-state index contributed by atoms with van der Waals surface area (Å²) >= 11 is 1.50. The zero-order valence-electron chi connectivity index (χ0n) is 18.4. The van der Waals surface area contributed by atoms with E-state index in [1.54, 1.807) is 4.57 Å². The maximum absolute atomic E-state index is 13.5. The Bertz CT molecular complexity index is 1460. The Morgan fingerprint density at radius 2 is 1.58 bits per heavy atom. The molecule has 0 amide bonds. The Morgan fingerprint density at radius 3 is 2.33 bits per heavy atom. The first-order chi connectivity index (χ1) is 16.1. The predicted molar refractivity (Wildman–Crippen MR) is 132 cm³/mol. The van der Waals surface area contributed by atoms with Crippen molar-refractivity contribution >= 4 is 22.7 Å². The van der Waals surface area contributed by atoms with E-state index in [2.05, 4.69) is 0 Å². The lowest BCUT2D eigenvalue weighted by Gasteiger charge is -2.19. The van der Waals surface area contributed by atoms with E-state index in [9.17, 15) is 4.79 Å². The quantitative estimate of drug-likeness (QED) is 0.224. The summed E-state index contributed by atoms with van der Waals surface area (Å²) in [7, 11) is 0. The van der Waals surface area contributed by atoms with Crippen LogP contribution in [0.25, 0.3) is 22.4 Å². The molecule has 0 fully saturated rings. The van der Waals surface area contributed by atoms with Crippen LogP contribution in [0.4, 0.5) is 0 Å². The average Bonchev–Trinajstić information content (AvgIpc) is 3.24. The standard InChI is InChI=1S/C27H23N3O2S/c1-18(20-11-5-3-6-12-20)30-26(31)22-15-9-10-16-23(22)29-27(30)33-17-24-19(2)32-25(28-24)21-13-7-4-8-14-21/h3-16,18H,17H2,1-2H3. The lowest BCUT2D eigenvalue weighted by Crippen LogP contribution is -2.27. The zero-order chi connectivity index (χ0) is 22.8. The van der Waals surface area contributed by atoms with Crippen LogP contribution in [-0.2, 0) is 5.75 Å². The van der Waals surface area contributed by atoms with E-state index in [1.807, 2.05) is 98.8 Å². The average molecular weight is 454 g/mol. The minimum atomic E-state index is -0.156. The molecule has 0 N–H and O–H groups in total. The predicted octanol–water partition coefficient (Wildman–Crippen LogP) is 6.26. The van der Waals surface area contributed by atoms with E-state index < -0.39 is 0 Å². The molecule has 33 heavy (non-hydrogen) atoms. The number of fused-ring (bicyclic) bond motifs is 1. The molecule has 2 heterocycles. The molecule has 3 aromatic carbocycles. The van der Waals surface area contributed by atoms with E-state index in [4.69, 9.17) is 14.4 Å². The van der Waals surface area contributed by atoms with E-state index >= 15 is 0 Å². The van der Waals surface area contributed by atoms with E-state index in [-0.39, 0.29) is 11.6 Å². The van der Waals surface area contributed by atoms with Gasteiger partial charge in [-0.05, 0) is 43.7 Å². The van der Waals surface area contributed by atoms with Crippen LogP contribution < -0.4 is 5.56 Å². The van der Waals surface area contributed by atoms with Crippen LogP contribution in [0, 0.1) is 6.92 Å².